The molecule has 0 aliphatic heterocycles. The molecule has 2 rings (SSSR count). The number of hydrogen-bond acceptors (Lipinski definition) is 0. The minimum Gasteiger partial charge on any atom is -0.0616 e. The van der Waals surface area contributed by atoms with E-state index in [1.54, 1.807) is 0 Å². The second-order valence-corrected chi connectivity index (χ2v) is 3.32. The van der Waals surface area contributed by atoms with E-state index in [1.165, 1.54) is 10.8 Å². The topological polar surface area (TPSA) is 0 Å². The molecular weight excluding hydrogens is 271 g/mol. The van der Waals surface area contributed by atoms with E-state index in [9.17, 15) is 0 Å². The summed E-state index contributed by atoms with van der Waals surface area (Å²) in [4.78, 5) is 0. The van der Waals surface area contributed by atoms with Gasteiger partial charge in [-0.3, -0.25) is 0 Å². The number of benzene rings is 2. The van der Waals surface area contributed by atoms with Crippen molar-refractivity contribution >= 4 is 33.4 Å². The molecule has 0 saturated carbocycles. The maximum atomic E-state index is 3.04. The molecule has 0 aliphatic carbocycles. The molecule has 0 spiro atoms. The van der Waals surface area contributed by atoms with E-state index in [0.29, 0.717) is 0 Å². The summed E-state index contributed by atoms with van der Waals surface area (Å²) >= 11 is 2.05. The molecule has 0 heterocycles. The van der Waals surface area contributed by atoms with E-state index in [4.69, 9.17) is 0 Å². The maximum Gasteiger partial charge on any atom is 0.0259 e. The van der Waals surface area contributed by atoms with Crippen molar-refractivity contribution in [3.63, 3.8) is 0 Å². The van der Waals surface area contributed by atoms with Crippen molar-refractivity contribution in [2.24, 2.45) is 0 Å². The highest BCUT2D eigenvalue weighted by atomic mass is 127. The number of fused-ring (bicyclic) bond motifs is 1. The Labute approximate surface area is 91.1 Å². The standard InChI is InChI=1S/C12H7I/c13-8-7-10-5-6-11-3-1-2-4-12(11)9-10/h1-6,9H. The van der Waals surface area contributed by atoms with Gasteiger partial charge in [0.2, 0.25) is 0 Å². The summed E-state index contributed by atoms with van der Waals surface area (Å²) in [5.74, 6) is 3.04. The third-order valence-electron chi connectivity index (χ3n) is 1.94. The van der Waals surface area contributed by atoms with Crippen molar-refractivity contribution in [2.45, 2.75) is 0 Å². The second-order valence-electron chi connectivity index (χ2n) is 2.78. The van der Waals surface area contributed by atoms with Crippen LogP contribution in [0.3, 0.4) is 0 Å². The average Bonchev–Trinajstić information content (AvgIpc) is 2.18. The SMILES string of the molecule is IC#Cc1ccc2ccccc2c1. The van der Waals surface area contributed by atoms with Gasteiger partial charge in [-0.05, 0) is 26.8 Å². The van der Waals surface area contributed by atoms with Gasteiger partial charge in [0, 0.05) is 28.2 Å². The Bertz CT molecular complexity index is 489. The van der Waals surface area contributed by atoms with Gasteiger partial charge in [0.25, 0.3) is 0 Å². The van der Waals surface area contributed by atoms with E-state index < -0.39 is 0 Å². The smallest absolute Gasteiger partial charge is 0.0259 e. The van der Waals surface area contributed by atoms with E-state index in [-0.39, 0.29) is 0 Å². The molecule has 0 aliphatic rings. The first kappa shape index (κ1) is 8.58. The molecule has 0 aromatic heterocycles. The summed E-state index contributed by atoms with van der Waals surface area (Å²) in [6, 6.07) is 14.6. The first-order valence-corrected chi connectivity index (χ1v) is 5.08. The molecule has 0 N–H and O–H groups in total. The Morgan fingerprint density at radius 2 is 1.69 bits per heavy atom. The molecule has 0 unspecified atom stereocenters. The molecule has 0 amide bonds. The van der Waals surface area contributed by atoms with Crippen LogP contribution in [0.25, 0.3) is 10.8 Å². The quantitative estimate of drug-likeness (QED) is 0.510. The zero-order valence-electron chi connectivity index (χ0n) is 6.92. The van der Waals surface area contributed by atoms with E-state index in [1.807, 2.05) is 18.2 Å². The van der Waals surface area contributed by atoms with Gasteiger partial charge in [-0.25, -0.2) is 0 Å². The second kappa shape index (κ2) is 3.80. The Morgan fingerprint density at radius 3 is 2.46 bits per heavy atom. The van der Waals surface area contributed by atoms with Crippen molar-refractivity contribution in [1.29, 1.82) is 0 Å². The lowest BCUT2D eigenvalue weighted by molar-refractivity contribution is 1.70. The summed E-state index contributed by atoms with van der Waals surface area (Å²) in [6.07, 6.45) is 0. The summed E-state index contributed by atoms with van der Waals surface area (Å²) in [6.45, 7) is 0. The van der Waals surface area contributed by atoms with Gasteiger partial charge in [-0.2, -0.15) is 0 Å². The molecule has 62 valence electrons. The summed E-state index contributed by atoms with van der Waals surface area (Å²) in [5, 5.41) is 2.51. The Hall–Kier alpha value is -1.01. The van der Waals surface area contributed by atoms with Gasteiger partial charge in [0.15, 0.2) is 0 Å². The van der Waals surface area contributed by atoms with Crippen LogP contribution in [0.4, 0.5) is 0 Å². The average molecular weight is 278 g/mol. The summed E-state index contributed by atoms with van der Waals surface area (Å²) in [5.41, 5.74) is 1.08. The highest BCUT2D eigenvalue weighted by molar-refractivity contribution is 14.1. The van der Waals surface area contributed by atoms with Crippen LogP contribution >= 0.6 is 22.6 Å². The molecule has 13 heavy (non-hydrogen) atoms. The Morgan fingerprint density at radius 1 is 0.923 bits per heavy atom. The van der Waals surface area contributed by atoms with Crippen LogP contribution in [0.15, 0.2) is 42.5 Å². The molecule has 0 radical (unpaired) electrons. The first-order chi connectivity index (χ1) is 6.40. The van der Waals surface area contributed by atoms with Crippen molar-refractivity contribution in [1.82, 2.24) is 0 Å². The highest BCUT2D eigenvalue weighted by Crippen LogP contribution is 2.14. The van der Waals surface area contributed by atoms with Crippen LogP contribution in [0, 0.1) is 9.85 Å². The van der Waals surface area contributed by atoms with Gasteiger partial charge in [0.1, 0.15) is 0 Å². The van der Waals surface area contributed by atoms with Crippen LogP contribution in [0.5, 0.6) is 0 Å². The molecule has 0 nitrogen and oxygen atoms in total. The van der Waals surface area contributed by atoms with Gasteiger partial charge < -0.3 is 0 Å². The molecule has 0 saturated heterocycles. The van der Waals surface area contributed by atoms with Crippen LogP contribution in [-0.2, 0) is 0 Å². The van der Waals surface area contributed by atoms with Crippen LogP contribution in [0.1, 0.15) is 5.56 Å². The Balaban J connectivity index is 2.66. The molecule has 0 bridgehead atoms. The summed E-state index contributed by atoms with van der Waals surface area (Å²) in [7, 11) is 0. The zero-order valence-corrected chi connectivity index (χ0v) is 9.08. The zero-order chi connectivity index (χ0) is 9.10. The predicted molar refractivity (Wildman–Crippen MR) is 64.8 cm³/mol. The van der Waals surface area contributed by atoms with Gasteiger partial charge in [0.05, 0.1) is 0 Å². The van der Waals surface area contributed by atoms with E-state index in [2.05, 4.69) is 56.7 Å². The number of halogens is 1. The lowest BCUT2D eigenvalue weighted by atomic mass is 10.1. The van der Waals surface area contributed by atoms with Gasteiger partial charge >= 0.3 is 0 Å². The molecule has 2 aromatic carbocycles. The van der Waals surface area contributed by atoms with Crippen LogP contribution in [-0.4, -0.2) is 0 Å². The first-order valence-electron chi connectivity index (χ1n) is 4.00. The number of hydrogen-bond donors (Lipinski definition) is 0. The maximum absolute atomic E-state index is 3.04. The third-order valence-corrected chi connectivity index (χ3v) is 2.21. The van der Waals surface area contributed by atoms with Crippen molar-refractivity contribution in [3.8, 4) is 9.85 Å². The van der Waals surface area contributed by atoms with Gasteiger partial charge in [-0.1, -0.05) is 36.3 Å². The Kier molecular flexibility index (Phi) is 2.51. The molecular formula is C12H7I. The third kappa shape index (κ3) is 1.84. The van der Waals surface area contributed by atoms with Crippen LogP contribution < -0.4 is 0 Å². The fourth-order valence-corrected chi connectivity index (χ4v) is 1.63. The molecule has 1 heteroatoms. The largest absolute Gasteiger partial charge is 0.0616 e. The minimum atomic E-state index is 1.08. The van der Waals surface area contributed by atoms with Crippen molar-refractivity contribution in [2.75, 3.05) is 0 Å². The van der Waals surface area contributed by atoms with E-state index in [0.717, 1.165) is 5.56 Å². The molecule has 2 aromatic rings. The lowest BCUT2D eigenvalue weighted by Gasteiger charge is -1.96. The lowest BCUT2D eigenvalue weighted by Crippen LogP contribution is -1.75. The fraction of sp³-hybridized carbons (Fsp3) is 0. The van der Waals surface area contributed by atoms with Crippen molar-refractivity contribution in [3.05, 3.63) is 48.0 Å². The number of rotatable bonds is 0. The fourth-order valence-electron chi connectivity index (χ4n) is 1.32. The summed E-state index contributed by atoms with van der Waals surface area (Å²) < 4.78 is 2.87. The molecule has 0 atom stereocenters. The van der Waals surface area contributed by atoms with Crippen molar-refractivity contribution < 1.29 is 0 Å². The minimum absolute atomic E-state index is 1.08. The molecule has 0 fully saturated rings. The monoisotopic (exact) mass is 278 g/mol. The predicted octanol–water partition coefficient (Wildman–Crippen LogP) is 3.58. The van der Waals surface area contributed by atoms with Crippen LogP contribution in [0.2, 0.25) is 0 Å². The highest BCUT2D eigenvalue weighted by Gasteiger charge is 1.91. The van der Waals surface area contributed by atoms with Gasteiger partial charge in [-0.15, -0.1) is 0 Å². The normalized spacial score (nSPS) is 9.31. The van der Waals surface area contributed by atoms with E-state index >= 15 is 0 Å².